The van der Waals surface area contributed by atoms with Crippen LogP contribution in [-0.2, 0) is 14.6 Å². The minimum atomic E-state index is -3.26. The van der Waals surface area contributed by atoms with Crippen molar-refractivity contribution >= 4 is 38.9 Å². The lowest BCUT2D eigenvalue weighted by atomic mass is 10.1. The summed E-state index contributed by atoms with van der Waals surface area (Å²) in [4.78, 5) is 3.03. The van der Waals surface area contributed by atoms with E-state index in [1.807, 2.05) is 0 Å². The van der Waals surface area contributed by atoms with Crippen LogP contribution in [0.25, 0.3) is 0 Å². The number of alkyl halides is 2. The van der Waals surface area contributed by atoms with Crippen molar-refractivity contribution in [1.82, 2.24) is 0 Å². The second-order valence-corrected chi connectivity index (χ2v) is 7.17. The fraction of sp³-hybridized carbons (Fsp3) is 0.364. The first-order valence-electron chi connectivity index (χ1n) is 5.29. The van der Waals surface area contributed by atoms with E-state index in [1.54, 1.807) is 12.1 Å². The highest BCUT2D eigenvalue weighted by atomic mass is 35.5. The van der Waals surface area contributed by atoms with E-state index in [9.17, 15) is 13.5 Å². The number of aliphatic hydroxyl groups is 1. The van der Waals surface area contributed by atoms with Crippen molar-refractivity contribution in [3.8, 4) is 0 Å². The molecule has 0 saturated carbocycles. The summed E-state index contributed by atoms with van der Waals surface area (Å²) >= 11 is 11.2. The normalized spacial score (nSPS) is 23.3. The zero-order valence-corrected chi connectivity index (χ0v) is 12.2. The summed E-state index contributed by atoms with van der Waals surface area (Å²) < 4.78 is 28.0. The van der Waals surface area contributed by atoms with E-state index >= 15 is 0 Å². The van der Waals surface area contributed by atoms with E-state index in [4.69, 9.17) is 27.9 Å². The summed E-state index contributed by atoms with van der Waals surface area (Å²) in [5.41, 5.74) is 0.590. The first kappa shape index (κ1) is 14.6. The number of sulfone groups is 1. The molecular formula is C11H11Cl2NO4S. The van der Waals surface area contributed by atoms with Crippen molar-refractivity contribution < 1.29 is 18.3 Å². The van der Waals surface area contributed by atoms with E-state index in [-0.39, 0.29) is 10.8 Å². The number of ether oxygens (including phenoxy) is 1. The van der Waals surface area contributed by atoms with Crippen molar-refractivity contribution in [2.75, 3.05) is 6.26 Å². The number of rotatable bonds is 3. The van der Waals surface area contributed by atoms with Crippen LogP contribution in [0.2, 0.25) is 0 Å². The quantitative estimate of drug-likeness (QED) is 0.859. The van der Waals surface area contributed by atoms with Crippen LogP contribution < -0.4 is 0 Å². The summed E-state index contributed by atoms with van der Waals surface area (Å²) in [5, 5.41) is 9.74. The molecule has 0 aliphatic carbocycles. The molecule has 0 aromatic heterocycles. The highest BCUT2D eigenvalue weighted by molar-refractivity contribution is 7.90. The molecule has 1 aromatic rings. The molecule has 0 spiro atoms. The maximum absolute atomic E-state index is 11.3. The molecule has 0 radical (unpaired) electrons. The first-order chi connectivity index (χ1) is 8.79. The van der Waals surface area contributed by atoms with Gasteiger partial charge in [-0.05, 0) is 17.7 Å². The van der Waals surface area contributed by atoms with Crippen LogP contribution in [-0.4, -0.2) is 36.7 Å². The van der Waals surface area contributed by atoms with Gasteiger partial charge in [0.25, 0.3) is 0 Å². The van der Waals surface area contributed by atoms with Crippen molar-refractivity contribution in [3.63, 3.8) is 0 Å². The second-order valence-electron chi connectivity index (χ2n) is 4.06. The van der Waals surface area contributed by atoms with Crippen LogP contribution in [0.4, 0.5) is 0 Å². The van der Waals surface area contributed by atoms with Gasteiger partial charge in [-0.3, -0.25) is 0 Å². The number of aliphatic hydroxyl groups excluding tert-OH is 1. The number of hydrogen-bond acceptors (Lipinski definition) is 5. The average Bonchev–Trinajstić information content (AvgIpc) is 2.70. The number of aliphatic imine (C=N–C) groups is 1. The van der Waals surface area contributed by atoms with Gasteiger partial charge in [-0.25, -0.2) is 13.4 Å². The van der Waals surface area contributed by atoms with Gasteiger partial charge in [-0.1, -0.05) is 35.3 Å². The van der Waals surface area contributed by atoms with Crippen molar-refractivity contribution in [3.05, 3.63) is 29.8 Å². The molecule has 5 nitrogen and oxygen atoms in total. The molecule has 104 valence electrons. The standard InChI is InChI=1S/C11H11Cl2NO4S/c1-19(16,17)7-4-2-6(3-5-7)8-10(15)14-11(18-8)9(12)13/h2-5,8-10,15H,1H3/t8-,10-/m1/s1. The Kier molecular flexibility index (Phi) is 4.06. The van der Waals surface area contributed by atoms with E-state index in [0.717, 1.165) is 6.26 Å². The van der Waals surface area contributed by atoms with Crippen LogP contribution in [0.15, 0.2) is 34.2 Å². The molecule has 19 heavy (non-hydrogen) atoms. The number of halogens is 2. The monoisotopic (exact) mass is 323 g/mol. The van der Waals surface area contributed by atoms with Gasteiger partial charge >= 0.3 is 0 Å². The zero-order chi connectivity index (χ0) is 14.2. The molecule has 1 aliphatic heterocycles. The number of hydrogen-bond donors (Lipinski definition) is 1. The second kappa shape index (κ2) is 5.28. The summed E-state index contributed by atoms with van der Waals surface area (Å²) in [7, 11) is -3.26. The molecule has 2 atom stereocenters. The third kappa shape index (κ3) is 3.20. The molecule has 8 heteroatoms. The van der Waals surface area contributed by atoms with Crippen LogP contribution in [0.1, 0.15) is 11.7 Å². The van der Waals surface area contributed by atoms with E-state index in [0.29, 0.717) is 5.56 Å². The Bertz CT molecular complexity index is 598. The molecule has 0 amide bonds. The molecule has 1 heterocycles. The summed E-state index contributed by atoms with van der Waals surface area (Å²) in [6.45, 7) is 0. The molecule has 1 aromatic carbocycles. The predicted molar refractivity (Wildman–Crippen MR) is 72.3 cm³/mol. The molecule has 0 fully saturated rings. The van der Waals surface area contributed by atoms with Gasteiger partial charge in [-0.15, -0.1) is 0 Å². The highest BCUT2D eigenvalue weighted by Crippen LogP contribution is 2.30. The predicted octanol–water partition coefficient (Wildman–Crippen LogP) is 1.68. The molecule has 1 aliphatic rings. The average molecular weight is 324 g/mol. The summed E-state index contributed by atoms with van der Waals surface area (Å²) in [5.74, 6) is 0.0491. The Labute approximate surface area is 120 Å². The smallest absolute Gasteiger partial charge is 0.221 e. The lowest BCUT2D eigenvalue weighted by molar-refractivity contribution is 0.0636. The number of nitrogens with zero attached hydrogens (tertiary/aromatic N) is 1. The van der Waals surface area contributed by atoms with E-state index < -0.39 is 27.0 Å². The number of benzene rings is 1. The van der Waals surface area contributed by atoms with Crippen molar-refractivity contribution in [1.29, 1.82) is 0 Å². The summed E-state index contributed by atoms with van der Waals surface area (Å²) in [6.07, 6.45) is -0.724. The van der Waals surface area contributed by atoms with Gasteiger partial charge in [0.1, 0.15) is 0 Å². The van der Waals surface area contributed by atoms with Gasteiger partial charge in [0.2, 0.25) is 5.90 Å². The topological polar surface area (TPSA) is 76.0 Å². The van der Waals surface area contributed by atoms with Crippen LogP contribution in [0.3, 0.4) is 0 Å². The molecule has 2 rings (SSSR count). The first-order valence-corrected chi connectivity index (χ1v) is 8.06. The fourth-order valence-electron chi connectivity index (χ4n) is 1.67. The third-order valence-electron chi connectivity index (χ3n) is 2.60. The minimum Gasteiger partial charge on any atom is -0.466 e. The van der Waals surface area contributed by atoms with Crippen LogP contribution >= 0.6 is 23.2 Å². The maximum atomic E-state index is 11.3. The maximum Gasteiger partial charge on any atom is 0.221 e. The zero-order valence-electron chi connectivity index (χ0n) is 9.82. The third-order valence-corrected chi connectivity index (χ3v) is 4.10. The highest BCUT2D eigenvalue weighted by Gasteiger charge is 2.33. The molecule has 0 unspecified atom stereocenters. The van der Waals surface area contributed by atoms with Crippen LogP contribution in [0, 0.1) is 0 Å². The van der Waals surface area contributed by atoms with E-state index in [2.05, 4.69) is 4.99 Å². The summed E-state index contributed by atoms with van der Waals surface area (Å²) in [6, 6.07) is 6.00. The molecule has 0 bridgehead atoms. The lowest BCUT2D eigenvalue weighted by Crippen LogP contribution is -2.14. The Balaban J connectivity index is 2.21. The largest absolute Gasteiger partial charge is 0.466 e. The molecule has 0 saturated heterocycles. The van der Waals surface area contributed by atoms with Gasteiger partial charge in [0, 0.05) is 6.26 Å². The SMILES string of the molecule is CS(=O)(=O)c1ccc([C@H]2OC(C(Cl)Cl)=N[C@@H]2O)cc1. The Morgan fingerprint density at radius 3 is 2.32 bits per heavy atom. The Morgan fingerprint density at radius 2 is 1.89 bits per heavy atom. The van der Waals surface area contributed by atoms with Gasteiger partial charge in [-0.2, -0.15) is 0 Å². The van der Waals surface area contributed by atoms with Gasteiger partial charge in [0.15, 0.2) is 27.0 Å². The van der Waals surface area contributed by atoms with Crippen molar-refractivity contribution in [2.45, 2.75) is 22.1 Å². The van der Waals surface area contributed by atoms with Crippen molar-refractivity contribution in [2.24, 2.45) is 4.99 Å². The minimum absolute atomic E-state index is 0.0491. The molecule has 1 N–H and O–H groups in total. The van der Waals surface area contributed by atoms with Gasteiger partial charge in [0.05, 0.1) is 4.90 Å². The molecular weight excluding hydrogens is 313 g/mol. The Hall–Kier alpha value is -0.820. The van der Waals surface area contributed by atoms with E-state index in [1.165, 1.54) is 12.1 Å². The van der Waals surface area contributed by atoms with Crippen LogP contribution in [0.5, 0.6) is 0 Å². The Morgan fingerprint density at radius 1 is 1.32 bits per heavy atom. The fourth-order valence-corrected chi connectivity index (χ4v) is 2.52. The van der Waals surface area contributed by atoms with Gasteiger partial charge < -0.3 is 9.84 Å². The lowest BCUT2D eigenvalue weighted by Gasteiger charge is -2.14.